The first kappa shape index (κ1) is 24.5. The van der Waals surface area contributed by atoms with Crippen LogP contribution in [-0.2, 0) is 6.54 Å². The van der Waals surface area contributed by atoms with Crippen LogP contribution in [0.3, 0.4) is 0 Å². The Labute approximate surface area is 197 Å². The number of hydrogen-bond donors (Lipinski definition) is 2. The molecule has 1 aliphatic rings. The largest absolute Gasteiger partial charge is 0.444 e. The average Bonchev–Trinajstić information content (AvgIpc) is 3.07. The minimum atomic E-state index is 0. The monoisotopic (exact) mass is 526 g/mol. The fourth-order valence-corrected chi connectivity index (χ4v) is 3.47. The van der Waals surface area contributed by atoms with Gasteiger partial charge in [-0.05, 0) is 45.9 Å². The Morgan fingerprint density at radius 3 is 2.47 bits per heavy atom. The molecule has 0 atom stereocenters. The fourth-order valence-electron chi connectivity index (χ4n) is 3.47. The number of benzene rings is 1. The van der Waals surface area contributed by atoms with E-state index in [1.54, 1.807) is 0 Å². The quantitative estimate of drug-likeness (QED) is 0.239. The van der Waals surface area contributed by atoms with Crippen molar-refractivity contribution in [3.05, 3.63) is 47.7 Å². The molecule has 1 aromatic heterocycles. The van der Waals surface area contributed by atoms with Crippen LogP contribution in [0.15, 0.2) is 39.7 Å². The van der Waals surface area contributed by atoms with E-state index in [1.807, 2.05) is 13.8 Å². The normalized spacial score (nSPS) is 15.0. The van der Waals surface area contributed by atoms with Crippen LogP contribution in [0.4, 0.5) is 5.69 Å². The molecule has 1 aliphatic heterocycles. The van der Waals surface area contributed by atoms with Crippen LogP contribution in [0.25, 0.3) is 0 Å². The predicted octanol–water partition coefficient (Wildman–Crippen LogP) is 3.18. The van der Waals surface area contributed by atoms with Gasteiger partial charge in [-0.25, -0.2) is 9.98 Å². The smallest absolute Gasteiger partial charge is 0.216 e. The molecule has 8 heteroatoms. The molecule has 0 spiro atoms. The van der Waals surface area contributed by atoms with Crippen molar-refractivity contribution in [1.29, 1.82) is 0 Å². The van der Waals surface area contributed by atoms with E-state index in [-0.39, 0.29) is 24.0 Å². The molecule has 0 radical (unpaired) electrons. The highest BCUT2D eigenvalue weighted by Gasteiger charge is 2.16. The molecule has 2 heterocycles. The van der Waals surface area contributed by atoms with Crippen molar-refractivity contribution in [3.63, 3.8) is 0 Å². The molecule has 166 valence electrons. The van der Waals surface area contributed by atoms with E-state index in [0.29, 0.717) is 12.4 Å². The standard InChI is InChI=1S/C22H34N6O.HI/c1-4-23-22(25-17-21-26-18(2)19(3)29-21)24-11-8-12-27-13-15-28(16-14-27)20-9-6-5-7-10-20;/h5-7,9-10H,4,8,11-17H2,1-3H3,(H2,23,24,25);1H. The summed E-state index contributed by atoms with van der Waals surface area (Å²) in [5.41, 5.74) is 2.26. The molecule has 30 heavy (non-hydrogen) atoms. The van der Waals surface area contributed by atoms with Gasteiger partial charge in [-0.2, -0.15) is 0 Å². The third kappa shape index (κ3) is 7.46. The third-order valence-corrected chi connectivity index (χ3v) is 5.23. The number of guanidine groups is 1. The van der Waals surface area contributed by atoms with Gasteiger partial charge in [0.15, 0.2) is 5.96 Å². The van der Waals surface area contributed by atoms with Gasteiger partial charge in [0.2, 0.25) is 5.89 Å². The SMILES string of the molecule is CCNC(=NCc1nc(C)c(C)o1)NCCCN1CCN(c2ccccc2)CC1.I. The van der Waals surface area contributed by atoms with Gasteiger partial charge in [-0.1, -0.05) is 18.2 Å². The summed E-state index contributed by atoms with van der Waals surface area (Å²) in [4.78, 5) is 14.0. The Hall–Kier alpha value is -1.81. The first-order valence-corrected chi connectivity index (χ1v) is 10.6. The van der Waals surface area contributed by atoms with Crippen LogP contribution in [0.2, 0.25) is 0 Å². The summed E-state index contributed by atoms with van der Waals surface area (Å²) < 4.78 is 5.60. The maximum atomic E-state index is 5.60. The van der Waals surface area contributed by atoms with Gasteiger partial charge in [0.05, 0.1) is 5.69 Å². The molecule has 1 aromatic carbocycles. The Morgan fingerprint density at radius 1 is 1.10 bits per heavy atom. The first-order chi connectivity index (χ1) is 14.2. The number of halogens is 1. The molecule has 2 aromatic rings. The van der Waals surface area contributed by atoms with Crippen LogP contribution in [0, 0.1) is 13.8 Å². The van der Waals surface area contributed by atoms with E-state index in [1.165, 1.54) is 5.69 Å². The van der Waals surface area contributed by atoms with Crippen LogP contribution in [0.5, 0.6) is 0 Å². The second-order valence-corrected chi connectivity index (χ2v) is 7.39. The molecule has 3 rings (SSSR count). The van der Waals surface area contributed by atoms with Gasteiger partial charge >= 0.3 is 0 Å². The Balaban J connectivity index is 0.00000320. The summed E-state index contributed by atoms with van der Waals surface area (Å²) in [6, 6.07) is 10.7. The van der Waals surface area contributed by atoms with Gasteiger partial charge < -0.3 is 20.0 Å². The van der Waals surface area contributed by atoms with E-state index in [9.17, 15) is 0 Å². The summed E-state index contributed by atoms with van der Waals surface area (Å²) >= 11 is 0. The summed E-state index contributed by atoms with van der Waals surface area (Å²) in [6.45, 7) is 13.7. The number of aromatic nitrogens is 1. The van der Waals surface area contributed by atoms with E-state index >= 15 is 0 Å². The van der Waals surface area contributed by atoms with Crippen LogP contribution < -0.4 is 15.5 Å². The minimum absolute atomic E-state index is 0. The van der Waals surface area contributed by atoms with Crippen molar-refractivity contribution in [2.24, 2.45) is 4.99 Å². The van der Waals surface area contributed by atoms with E-state index in [0.717, 1.165) is 69.6 Å². The van der Waals surface area contributed by atoms with E-state index in [2.05, 4.69) is 67.7 Å². The zero-order valence-corrected chi connectivity index (χ0v) is 20.7. The van der Waals surface area contributed by atoms with Crippen molar-refractivity contribution in [2.45, 2.75) is 33.7 Å². The molecular weight excluding hydrogens is 491 g/mol. The van der Waals surface area contributed by atoms with E-state index in [4.69, 9.17) is 4.42 Å². The summed E-state index contributed by atoms with van der Waals surface area (Å²) in [7, 11) is 0. The zero-order valence-electron chi connectivity index (χ0n) is 18.4. The number of rotatable bonds is 8. The molecule has 0 unspecified atom stereocenters. The highest BCUT2D eigenvalue weighted by Crippen LogP contribution is 2.15. The molecule has 7 nitrogen and oxygen atoms in total. The fraction of sp³-hybridized carbons (Fsp3) is 0.545. The number of piperazine rings is 1. The number of aryl methyl sites for hydroxylation is 2. The maximum absolute atomic E-state index is 5.60. The lowest BCUT2D eigenvalue weighted by atomic mass is 10.2. The number of nitrogens with zero attached hydrogens (tertiary/aromatic N) is 4. The molecule has 0 bridgehead atoms. The number of aliphatic imine (C=N–C) groups is 1. The second kappa shape index (κ2) is 12.8. The third-order valence-electron chi connectivity index (χ3n) is 5.23. The van der Waals surface area contributed by atoms with Crippen LogP contribution >= 0.6 is 24.0 Å². The average molecular weight is 526 g/mol. The van der Waals surface area contributed by atoms with Gasteiger partial charge in [0, 0.05) is 45.0 Å². The van der Waals surface area contributed by atoms with Crippen molar-refractivity contribution >= 4 is 35.6 Å². The van der Waals surface area contributed by atoms with Crippen LogP contribution in [-0.4, -0.2) is 61.7 Å². The lowest BCUT2D eigenvalue weighted by molar-refractivity contribution is 0.255. The number of hydrogen-bond acceptors (Lipinski definition) is 5. The molecule has 2 N–H and O–H groups in total. The summed E-state index contributed by atoms with van der Waals surface area (Å²) in [5.74, 6) is 2.34. The minimum Gasteiger partial charge on any atom is -0.444 e. The lowest BCUT2D eigenvalue weighted by Crippen LogP contribution is -2.47. The highest BCUT2D eigenvalue weighted by molar-refractivity contribution is 14.0. The van der Waals surface area contributed by atoms with Crippen molar-refractivity contribution in [2.75, 3.05) is 50.7 Å². The van der Waals surface area contributed by atoms with Gasteiger partial charge in [0.25, 0.3) is 0 Å². The maximum Gasteiger partial charge on any atom is 0.216 e. The van der Waals surface area contributed by atoms with E-state index < -0.39 is 0 Å². The van der Waals surface area contributed by atoms with Crippen LogP contribution in [0.1, 0.15) is 30.7 Å². The molecular formula is C22H35IN6O. The molecule has 0 saturated carbocycles. The lowest BCUT2D eigenvalue weighted by Gasteiger charge is -2.36. The molecule has 1 saturated heterocycles. The summed E-state index contributed by atoms with van der Waals surface area (Å²) in [6.07, 6.45) is 1.09. The number of anilines is 1. The molecule has 0 amide bonds. The first-order valence-electron chi connectivity index (χ1n) is 10.6. The van der Waals surface area contributed by atoms with Crippen molar-refractivity contribution in [3.8, 4) is 0 Å². The number of nitrogens with one attached hydrogen (secondary N) is 2. The second-order valence-electron chi connectivity index (χ2n) is 7.39. The van der Waals surface area contributed by atoms with Crippen molar-refractivity contribution in [1.82, 2.24) is 20.5 Å². The molecule has 0 aliphatic carbocycles. The number of oxazole rings is 1. The Kier molecular flexibility index (Phi) is 10.4. The zero-order chi connectivity index (χ0) is 20.5. The topological polar surface area (TPSA) is 68.9 Å². The van der Waals surface area contributed by atoms with Crippen molar-refractivity contribution < 1.29 is 4.42 Å². The summed E-state index contributed by atoms with van der Waals surface area (Å²) in [5, 5.41) is 6.70. The number of para-hydroxylation sites is 1. The van der Waals surface area contributed by atoms with Gasteiger partial charge in [-0.3, -0.25) is 4.90 Å². The molecule has 1 fully saturated rings. The van der Waals surface area contributed by atoms with Gasteiger partial charge in [-0.15, -0.1) is 24.0 Å². The Bertz CT molecular complexity index is 752. The predicted molar refractivity (Wildman–Crippen MR) is 134 cm³/mol. The van der Waals surface area contributed by atoms with Gasteiger partial charge in [0.1, 0.15) is 12.3 Å². The Morgan fingerprint density at radius 2 is 1.83 bits per heavy atom. The highest BCUT2D eigenvalue weighted by atomic mass is 127.